The Morgan fingerprint density at radius 3 is 2.52 bits per heavy atom. The maximum atomic E-state index is 13.8. The lowest BCUT2D eigenvalue weighted by atomic mass is 10.1. The quantitative estimate of drug-likeness (QED) is 0.450. The van der Waals surface area contributed by atoms with Crippen molar-refractivity contribution in [3.05, 3.63) is 29.1 Å². The maximum absolute atomic E-state index is 13.8. The zero-order chi connectivity index (χ0) is 15.3. The van der Waals surface area contributed by atoms with Crippen molar-refractivity contribution >= 4 is 40.6 Å². The first-order valence-corrected chi connectivity index (χ1v) is 6.62. The van der Waals surface area contributed by atoms with Crippen LogP contribution in [0.1, 0.15) is 33.6 Å². The molecule has 21 heavy (non-hydrogen) atoms. The van der Waals surface area contributed by atoms with Crippen LogP contribution in [0.25, 0.3) is 0 Å². The summed E-state index contributed by atoms with van der Waals surface area (Å²) in [5.41, 5.74) is 5.11. The molecule has 1 fully saturated rings. The molecule has 2 heterocycles. The van der Waals surface area contributed by atoms with Crippen molar-refractivity contribution in [2.75, 3.05) is 5.73 Å². The van der Waals surface area contributed by atoms with Crippen LogP contribution >= 0.6 is 12.2 Å². The third-order valence-electron chi connectivity index (χ3n) is 3.57. The molecule has 2 aliphatic heterocycles. The Labute approximate surface area is 124 Å². The van der Waals surface area contributed by atoms with Crippen LogP contribution in [0.3, 0.4) is 0 Å². The summed E-state index contributed by atoms with van der Waals surface area (Å²) in [5, 5.41) is 2.42. The van der Waals surface area contributed by atoms with E-state index in [-0.39, 0.29) is 23.2 Å². The Hall–Kier alpha value is -2.35. The number of nitrogens with zero attached hydrogens (tertiary/aromatic N) is 1. The van der Waals surface area contributed by atoms with E-state index >= 15 is 0 Å². The van der Waals surface area contributed by atoms with Crippen molar-refractivity contribution in [2.45, 2.75) is 18.9 Å². The predicted octanol–water partition coefficient (Wildman–Crippen LogP) is 0.610. The largest absolute Gasteiger partial charge is 0.398 e. The third kappa shape index (κ3) is 1.90. The predicted molar refractivity (Wildman–Crippen MR) is 75.1 cm³/mol. The zero-order valence-corrected chi connectivity index (χ0v) is 11.5. The second kappa shape index (κ2) is 4.59. The molecular formula is C13H10FN3O3S. The summed E-state index contributed by atoms with van der Waals surface area (Å²) in [5.74, 6) is -2.96. The lowest BCUT2D eigenvalue weighted by molar-refractivity contribution is -0.124. The van der Waals surface area contributed by atoms with Crippen LogP contribution < -0.4 is 11.1 Å². The monoisotopic (exact) mass is 307 g/mol. The van der Waals surface area contributed by atoms with E-state index in [1.165, 1.54) is 6.07 Å². The summed E-state index contributed by atoms with van der Waals surface area (Å²) in [6.45, 7) is 0. The number of rotatable bonds is 1. The fourth-order valence-electron chi connectivity index (χ4n) is 2.58. The number of nitrogen functional groups attached to an aromatic ring is 1. The molecule has 3 amide bonds. The molecule has 1 saturated heterocycles. The van der Waals surface area contributed by atoms with Crippen LogP contribution in [0.5, 0.6) is 0 Å². The van der Waals surface area contributed by atoms with E-state index in [9.17, 15) is 18.8 Å². The lowest BCUT2D eigenvalue weighted by Crippen LogP contribution is -2.53. The molecule has 108 valence electrons. The van der Waals surface area contributed by atoms with E-state index in [1.807, 2.05) is 0 Å². The van der Waals surface area contributed by atoms with Crippen molar-refractivity contribution in [1.29, 1.82) is 0 Å². The average Bonchev–Trinajstić information content (AvgIpc) is 2.68. The molecule has 2 aliphatic rings. The molecule has 1 aromatic rings. The number of thiocarbonyl (C=S) groups is 1. The van der Waals surface area contributed by atoms with Gasteiger partial charge < -0.3 is 11.1 Å². The number of nitrogens with two attached hydrogens (primary N) is 1. The Bertz CT molecular complexity index is 678. The molecule has 0 bridgehead atoms. The first-order chi connectivity index (χ1) is 9.91. The van der Waals surface area contributed by atoms with Gasteiger partial charge in [0.2, 0.25) is 5.91 Å². The number of carbonyl (C=O) groups excluding carboxylic acids is 3. The average molecular weight is 307 g/mol. The molecule has 0 saturated carbocycles. The molecule has 1 atom stereocenters. The number of fused-ring (bicyclic) bond motifs is 1. The van der Waals surface area contributed by atoms with Crippen LogP contribution in [0, 0.1) is 5.82 Å². The van der Waals surface area contributed by atoms with Gasteiger partial charge in [-0.1, -0.05) is 12.2 Å². The minimum absolute atomic E-state index is 0.0130. The number of imide groups is 1. The molecule has 6 nitrogen and oxygen atoms in total. The van der Waals surface area contributed by atoms with Gasteiger partial charge in [0.1, 0.15) is 11.9 Å². The number of amides is 3. The topological polar surface area (TPSA) is 92.5 Å². The van der Waals surface area contributed by atoms with Gasteiger partial charge in [-0.15, -0.1) is 0 Å². The first kappa shape index (κ1) is 13.6. The minimum atomic E-state index is -0.997. The molecule has 0 radical (unpaired) electrons. The normalized spacial score (nSPS) is 21.6. The second-order valence-corrected chi connectivity index (χ2v) is 5.33. The second-order valence-electron chi connectivity index (χ2n) is 4.83. The highest BCUT2D eigenvalue weighted by atomic mass is 32.1. The summed E-state index contributed by atoms with van der Waals surface area (Å²) < 4.78 is 13.8. The van der Waals surface area contributed by atoms with Gasteiger partial charge in [0.15, 0.2) is 0 Å². The number of halogens is 1. The van der Waals surface area contributed by atoms with E-state index < -0.39 is 29.6 Å². The van der Waals surface area contributed by atoms with Gasteiger partial charge in [-0.3, -0.25) is 19.3 Å². The molecule has 0 aliphatic carbocycles. The number of carbonyl (C=O) groups is 3. The fourth-order valence-corrected chi connectivity index (χ4v) is 2.80. The Kier molecular flexibility index (Phi) is 2.98. The minimum Gasteiger partial charge on any atom is -0.398 e. The lowest BCUT2D eigenvalue weighted by Gasteiger charge is -2.28. The Morgan fingerprint density at radius 1 is 1.24 bits per heavy atom. The van der Waals surface area contributed by atoms with Crippen LogP contribution in [0.4, 0.5) is 10.1 Å². The van der Waals surface area contributed by atoms with Crippen molar-refractivity contribution in [1.82, 2.24) is 10.2 Å². The van der Waals surface area contributed by atoms with E-state index in [0.717, 1.165) is 11.0 Å². The molecule has 1 unspecified atom stereocenters. The maximum Gasteiger partial charge on any atom is 0.265 e. The van der Waals surface area contributed by atoms with E-state index in [0.29, 0.717) is 11.4 Å². The highest BCUT2D eigenvalue weighted by molar-refractivity contribution is 7.80. The molecule has 3 N–H and O–H groups in total. The van der Waals surface area contributed by atoms with Crippen LogP contribution in [-0.4, -0.2) is 33.7 Å². The van der Waals surface area contributed by atoms with Crippen molar-refractivity contribution in [3.63, 3.8) is 0 Å². The van der Waals surface area contributed by atoms with Crippen LogP contribution in [0.2, 0.25) is 0 Å². The van der Waals surface area contributed by atoms with Crippen LogP contribution in [0.15, 0.2) is 12.1 Å². The summed E-state index contributed by atoms with van der Waals surface area (Å²) in [6, 6.07) is 1.25. The van der Waals surface area contributed by atoms with Crippen molar-refractivity contribution in [2.24, 2.45) is 0 Å². The molecule has 1 aromatic carbocycles. The Balaban J connectivity index is 2.05. The summed E-state index contributed by atoms with van der Waals surface area (Å²) in [6.07, 6.45) is 0.592. The highest BCUT2D eigenvalue weighted by Gasteiger charge is 2.46. The highest BCUT2D eigenvalue weighted by Crippen LogP contribution is 2.32. The van der Waals surface area contributed by atoms with Crippen molar-refractivity contribution < 1.29 is 18.8 Å². The standard InChI is InChI=1S/C13H10FN3O3S/c14-5-1-2-6(15)10-9(5)12(19)17(13(10)20)7-3-4-8(21)16-11(7)18/h1-2,7H,3-4,15H2,(H,16,18,21). The summed E-state index contributed by atoms with van der Waals surface area (Å²) >= 11 is 4.88. The van der Waals surface area contributed by atoms with Gasteiger partial charge in [0, 0.05) is 12.1 Å². The van der Waals surface area contributed by atoms with Gasteiger partial charge in [-0.25, -0.2) is 4.39 Å². The number of nitrogens with one attached hydrogen (secondary N) is 1. The van der Waals surface area contributed by atoms with Crippen molar-refractivity contribution in [3.8, 4) is 0 Å². The van der Waals surface area contributed by atoms with E-state index in [1.54, 1.807) is 0 Å². The van der Waals surface area contributed by atoms with Gasteiger partial charge in [0.05, 0.1) is 16.1 Å². The fraction of sp³-hybridized carbons (Fsp3) is 0.231. The van der Waals surface area contributed by atoms with Gasteiger partial charge in [-0.2, -0.15) is 0 Å². The van der Waals surface area contributed by atoms with Gasteiger partial charge in [0.25, 0.3) is 11.8 Å². The number of anilines is 1. The molecular weight excluding hydrogens is 297 g/mol. The van der Waals surface area contributed by atoms with E-state index in [2.05, 4.69) is 5.32 Å². The first-order valence-electron chi connectivity index (χ1n) is 6.21. The smallest absolute Gasteiger partial charge is 0.265 e. The molecule has 0 aromatic heterocycles. The van der Waals surface area contributed by atoms with Gasteiger partial charge in [-0.05, 0) is 18.6 Å². The third-order valence-corrected chi connectivity index (χ3v) is 3.88. The number of hydrogen-bond donors (Lipinski definition) is 2. The number of benzene rings is 1. The van der Waals surface area contributed by atoms with Crippen LogP contribution in [-0.2, 0) is 4.79 Å². The number of piperidine rings is 1. The zero-order valence-electron chi connectivity index (χ0n) is 10.7. The summed E-state index contributed by atoms with van der Waals surface area (Å²) in [4.78, 5) is 37.7. The SMILES string of the molecule is Nc1ccc(F)c2c1C(=O)N(C1CCC(=S)NC1=O)C2=O. The molecule has 0 spiro atoms. The summed E-state index contributed by atoms with van der Waals surface area (Å²) in [7, 11) is 0. The molecule has 3 rings (SSSR count). The number of hydrogen-bond acceptors (Lipinski definition) is 5. The molecule has 8 heteroatoms. The van der Waals surface area contributed by atoms with Gasteiger partial charge >= 0.3 is 0 Å². The Morgan fingerprint density at radius 2 is 1.90 bits per heavy atom. The van der Waals surface area contributed by atoms with E-state index in [4.69, 9.17) is 18.0 Å².